The molecule has 5 nitrogen and oxygen atoms in total. The number of ether oxygens (including phenoxy) is 1. The number of nitrogens with zero attached hydrogens (tertiary/aromatic N) is 3. The monoisotopic (exact) mass is 244 g/mol. The van der Waals surface area contributed by atoms with E-state index in [-0.39, 0.29) is 0 Å². The molecule has 94 valence electrons. The first-order valence-corrected chi connectivity index (χ1v) is 5.89. The number of pyridine rings is 1. The predicted molar refractivity (Wildman–Crippen MR) is 70.6 cm³/mol. The molecule has 2 aromatic rings. The predicted octanol–water partition coefficient (Wildman–Crippen LogP) is 2.37. The number of rotatable bonds is 5. The maximum absolute atomic E-state index is 5.15. The lowest BCUT2D eigenvalue weighted by molar-refractivity contribution is 0.413. The highest BCUT2D eigenvalue weighted by atomic mass is 16.5. The van der Waals surface area contributed by atoms with E-state index in [0.29, 0.717) is 5.75 Å². The van der Waals surface area contributed by atoms with Crippen LogP contribution in [-0.2, 0) is 0 Å². The minimum atomic E-state index is 0.709. The number of aromatic nitrogens is 3. The fraction of sp³-hybridized carbons (Fsp3) is 0.308. The van der Waals surface area contributed by atoms with Gasteiger partial charge in [-0.15, -0.1) is 0 Å². The maximum atomic E-state index is 5.15. The lowest BCUT2D eigenvalue weighted by atomic mass is 10.2. The maximum Gasteiger partial charge on any atom is 0.145 e. The van der Waals surface area contributed by atoms with Crippen molar-refractivity contribution in [1.82, 2.24) is 15.0 Å². The van der Waals surface area contributed by atoms with Gasteiger partial charge in [-0.05, 0) is 12.5 Å². The van der Waals surface area contributed by atoms with Crippen LogP contribution in [0.3, 0.4) is 0 Å². The Balaban J connectivity index is 2.26. The van der Waals surface area contributed by atoms with Gasteiger partial charge >= 0.3 is 0 Å². The van der Waals surface area contributed by atoms with E-state index in [9.17, 15) is 0 Å². The zero-order valence-electron chi connectivity index (χ0n) is 10.6. The van der Waals surface area contributed by atoms with E-state index < -0.39 is 0 Å². The fourth-order valence-corrected chi connectivity index (χ4v) is 1.51. The Labute approximate surface area is 106 Å². The molecule has 0 radical (unpaired) electrons. The minimum Gasteiger partial charge on any atom is -0.495 e. The molecule has 2 heterocycles. The topological polar surface area (TPSA) is 59.9 Å². The van der Waals surface area contributed by atoms with Crippen molar-refractivity contribution < 1.29 is 4.74 Å². The molecule has 0 spiro atoms. The van der Waals surface area contributed by atoms with Gasteiger partial charge in [-0.1, -0.05) is 6.92 Å². The van der Waals surface area contributed by atoms with Gasteiger partial charge in [0.05, 0.1) is 31.4 Å². The zero-order valence-corrected chi connectivity index (χ0v) is 10.6. The van der Waals surface area contributed by atoms with Gasteiger partial charge in [0.25, 0.3) is 0 Å². The van der Waals surface area contributed by atoms with Gasteiger partial charge in [-0.3, -0.25) is 9.97 Å². The number of hydrogen-bond acceptors (Lipinski definition) is 5. The highest BCUT2D eigenvalue weighted by Crippen LogP contribution is 2.20. The fourth-order valence-electron chi connectivity index (χ4n) is 1.51. The highest BCUT2D eigenvalue weighted by Gasteiger charge is 2.03. The molecule has 0 saturated heterocycles. The molecule has 0 aliphatic rings. The summed E-state index contributed by atoms with van der Waals surface area (Å²) in [6, 6.07) is 1.89. The molecular formula is C13H16N4O. The lowest BCUT2D eigenvalue weighted by Crippen LogP contribution is -2.03. The summed E-state index contributed by atoms with van der Waals surface area (Å²) >= 11 is 0. The second-order valence-electron chi connectivity index (χ2n) is 3.83. The van der Waals surface area contributed by atoms with Gasteiger partial charge in [0.2, 0.25) is 0 Å². The summed E-state index contributed by atoms with van der Waals surface area (Å²) in [7, 11) is 1.62. The summed E-state index contributed by atoms with van der Waals surface area (Å²) in [6.07, 6.45) is 7.89. The summed E-state index contributed by atoms with van der Waals surface area (Å²) in [5.41, 5.74) is 1.67. The molecule has 18 heavy (non-hydrogen) atoms. The van der Waals surface area contributed by atoms with Gasteiger partial charge in [0.15, 0.2) is 0 Å². The Morgan fingerprint density at radius 3 is 2.78 bits per heavy atom. The third-order valence-corrected chi connectivity index (χ3v) is 2.44. The van der Waals surface area contributed by atoms with Crippen molar-refractivity contribution in [2.24, 2.45) is 0 Å². The second kappa shape index (κ2) is 5.95. The molecular weight excluding hydrogens is 228 g/mol. The van der Waals surface area contributed by atoms with Crippen LogP contribution in [0.25, 0.3) is 11.3 Å². The van der Waals surface area contributed by atoms with E-state index in [2.05, 4.69) is 27.2 Å². The Morgan fingerprint density at radius 2 is 2.00 bits per heavy atom. The van der Waals surface area contributed by atoms with Crippen molar-refractivity contribution in [1.29, 1.82) is 0 Å². The van der Waals surface area contributed by atoms with Crippen molar-refractivity contribution in [2.75, 3.05) is 19.0 Å². The lowest BCUT2D eigenvalue weighted by Gasteiger charge is -2.06. The van der Waals surface area contributed by atoms with E-state index in [1.54, 1.807) is 31.9 Å². The quantitative estimate of drug-likeness (QED) is 0.875. The largest absolute Gasteiger partial charge is 0.495 e. The molecule has 0 atom stereocenters. The number of nitrogens with one attached hydrogen (secondary N) is 1. The number of methoxy groups -OCH3 is 1. The Morgan fingerprint density at radius 1 is 1.17 bits per heavy atom. The van der Waals surface area contributed by atoms with Gasteiger partial charge in [0.1, 0.15) is 11.6 Å². The summed E-state index contributed by atoms with van der Waals surface area (Å²) in [4.78, 5) is 12.8. The van der Waals surface area contributed by atoms with E-state index >= 15 is 0 Å². The Kier molecular flexibility index (Phi) is 4.06. The SMILES string of the molecule is CCCNc1cncc(-c2cncc(OC)c2)n1. The summed E-state index contributed by atoms with van der Waals surface area (Å²) in [5.74, 6) is 1.48. The van der Waals surface area contributed by atoms with Crippen molar-refractivity contribution in [3.8, 4) is 17.0 Å². The van der Waals surface area contributed by atoms with Crippen LogP contribution in [0.5, 0.6) is 5.75 Å². The highest BCUT2D eigenvalue weighted by molar-refractivity contribution is 5.60. The first-order valence-electron chi connectivity index (χ1n) is 5.89. The molecule has 0 aromatic carbocycles. The molecule has 0 amide bonds. The van der Waals surface area contributed by atoms with Crippen LogP contribution >= 0.6 is 0 Å². The summed E-state index contributed by atoms with van der Waals surface area (Å²) in [5, 5.41) is 3.21. The first-order chi connectivity index (χ1) is 8.83. The van der Waals surface area contributed by atoms with Crippen LogP contribution in [0.4, 0.5) is 5.82 Å². The molecule has 0 bridgehead atoms. The van der Waals surface area contributed by atoms with Crippen molar-refractivity contribution in [2.45, 2.75) is 13.3 Å². The molecule has 0 aliphatic carbocycles. The van der Waals surface area contributed by atoms with E-state index in [0.717, 1.165) is 30.0 Å². The van der Waals surface area contributed by atoms with E-state index in [4.69, 9.17) is 4.74 Å². The van der Waals surface area contributed by atoms with Gasteiger partial charge in [0, 0.05) is 18.3 Å². The van der Waals surface area contributed by atoms with Crippen LogP contribution in [0.15, 0.2) is 30.9 Å². The molecule has 2 rings (SSSR count). The molecule has 0 aliphatic heterocycles. The summed E-state index contributed by atoms with van der Waals surface area (Å²) < 4.78 is 5.15. The van der Waals surface area contributed by atoms with E-state index in [1.807, 2.05) is 6.07 Å². The summed E-state index contributed by atoms with van der Waals surface area (Å²) in [6.45, 7) is 2.99. The van der Waals surface area contributed by atoms with Crippen molar-refractivity contribution >= 4 is 5.82 Å². The normalized spacial score (nSPS) is 10.1. The molecule has 0 unspecified atom stereocenters. The van der Waals surface area contributed by atoms with E-state index in [1.165, 1.54) is 0 Å². The molecule has 1 N–H and O–H groups in total. The third-order valence-electron chi connectivity index (χ3n) is 2.44. The van der Waals surface area contributed by atoms with Crippen LogP contribution in [0.1, 0.15) is 13.3 Å². The Hall–Kier alpha value is -2.17. The van der Waals surface area contributed by atoms with Crippen molar-refractivity contribution in [3.63, 3.8) is 0 Å². The standard InChI is InChI=1S/C13H16N4O/c1-3-4-16-13-9-15-8-12(17-13)10-5-11(18-2)7-14-6-10/h5-9H,3-4H2,1-2H3,(H,16,17). The molecule has 2 aromatic heterocycles. The van der Waals surface area contributed by atoms with Gasteiger partial charge < -0.3 is 10.1 Å². The average molecular weight is 244 g/mol. The minimum absolute atomic E-state index is 0.709. The number of anilines is 1. The Bertz CT molecular complexity index is 516. The van der Waals surface area contributed by atoms with Crippen molar-refractivity contribution in [3.05, 3.63) is 30.9 Å². The van der Waals surface area contributed by atoms with Crippen LogP contribution < -0.4 is 10.1 Å². The molecule has 5 heteroatoms. The third kappa shape index (κ3) is 2.94. The first kappa shape index (κ1) is 12.3. The van der Waals surface area contributed by atoms with Crippen LogP contribution in [0.2, 0.25) is 0 Å². The smallest absolute Gasteiger partial charge is 0.145 e. The van der Waals surface area contributed by atoms with Crippen LogP contribution in [0, 0.1) is 0 Å². The molecule has 0 fully saturated rings. The zero-order chi connectivity index (χ0) is 12.8. The molecule has 0 saturated carbocycles. The van der Waals surface area contributed by atoms with Gasteiger partial charge in [-0.25, -0.2) is 4.98 Å². The average Bonchev–Trinajstić information content (AvgIpc) is 2.45. The number of hydrogen-bond donors (Lipinski definition) is 1. The van der Waals surface area contributed by atoms with Gasteiger partial charge in [-0.2, -0.15) is 0 Å². The van der Waals surface area contributed by atoms with Crippen LogP contribution in [-0.4, -0.2) is 28.6 Å². The second-order valence-corrected chi connectivity index (χ2v) is 3.83.